The van der Waals surface area contributed by atoms with Gasteiger partial charge in [-0.05, 0) is 37.7 Å². The van der Waals surface area contributed by atoms with E-state index in [0.717, 1.165) is 18.7 Å². The minimum absolute atomic E-state index is 0.112. The largest absolute Gasteiger partial charge is 0.494 e. The second-order valence-corrected chi connectivity index (χ2v) is 5.12. The van der Waals surface area contributed by atoms with E-state index in [9.17, 15) is 4.79 Å². The number of carbonyl (C=O) groups excluding carboxylic acids is 1. The van der Waals surface area contributed by atoms with Crippen molar-refractivity contribution >= 4 is 17.5 Å². The van der Waals surface area contributed by atoms with Crippen LogP contribution in [0, 0.1) is 0 Å². The highest BCUT2D eigenvalue weighted by Crippen LogP contribution is 2.15. The molecule has 0 aliphatic carbocycles. The summed E-state index contributed by atoms with van der Waals surface area (Å²) in [5.74, 6) is 0.928. The molecule has 0 saturated carbocycles. The molecule has 1 rings (SSSR count). The van der Waals surface area contributed by atoms with Crippen LogP contribution in [0.3, 0.4) is 0 Å². The lowest BCUT2D eigenvalue weighted by atomic mass is 10.3. The Morgan fingerprint density at radius 1 is 1.21 bits per heavy atom. The third-order valence-corrected chi connectivity index (χ3v) is 2.92. The average molecular weight is 285 g/mol. The van der Waals surface area contributed by atoms with Crippen molar-refractivity contribution in [1.29, 1.82) is 0 Å². The van der Waals surface area contributed by atoms with Gasteiger partial charge in [0.25, 0.3) is 0 Å². The first kappa shape index (κ1) is 15.8. The number of hydrogen-bond donors (Lipinski definition) is 0. The van der Waals surface area contributed by atoms with Crippen LogP contribution in [0.1, 0.15) is 6.42 Å². The van der Waals surface area contributed by atoms with E-state index in [0.29, 0.717) is 18.2 Å². The highest BCUT2D eigenvalue weighted by molar-refractivity contribution is 6.30. The van der Waals surface area contributed by atoms with Gasteiger partial charge < -0.3 is 9.64 Å². The first-order valence-corrected chi connectivity index (χ1v) is 6.64. The van der Waals surface area contributed by atoms with Crippen molar-refractivity contribution in [2.24, 2.45) is 0 Å². The summed E-state index contributed by atoms with van der Waals surface area (Å²) >= 11 is 5.79. The maximum Gasteiger partial charge on any atom is 0.236 e. The summed E-state index contributed by atoms with van der Waals surface area (Å²) in [5.41, 5.74) is 0. The molecule has 0 fully saturated rings. The van der Waals surface area contributed by atoms with Gasteiger partial charge in [-0.25, -0.2) is 0 Å². The van der Waals surface area contributed by atoms with E-state index in [2.05, 4.69) is 0 Å². The molecule has 0 heterocycles. The number of amides is 1. The SMILES string of the molecule is CN(CCCOc1ccc(Cl)cc1)CC(=O)N(C)C. The number of hydrogen-bond acceptors (Lipinski definition) is 3. The monoisotopic (exact) mass is 284 g/mol. The Morgan fingerprint density at radius 3 is 2.42 bits per heavy atom. The van der Waals surface area contributed by atoms with Gasteiger partial charge in [-0.2, -0.15) is 0 Å². The molecule has 0 aromatic heterocycles. The molecule has 19 heavy (non-hydrogen) atoms. The van der Waals surface area contributed by atoms with Crippen LogP contribution in [0.4, 0.5) is 0 Å². The van der Waals surface area contributed by atoms with Crippen molar-refractivity contribution < 1.29 is 9.53 Å². The quantitative estimate of drug-likeness (QED) is 0.719. The Labute approximate surface area is 119 Å². The van der Waals surface area contributed by atoms with Gasteiger partial charge in [0.2, 0.25) is 5.91 Å². The highest BCUT2D eigenvalue weighted by atomic mass is 35.5. The fraction of sp³-hybridized carbons (Fsp3) is 0.500. The summed E-state index contributed by atoms with van der Waals surface area (Å²) in [5, 5.41) is 0.703. The lowest BCUT2D eigenvalue weighted by Crippen LogP contribution is -2.35. The molecule has 0 atom stereocenters. The van der Waals surface area contributed by atoms with Crippen LogP contribution in [-0.2, 0) is 4.79 Å². The summed E-state index contributed by atoms with van der Waals surface area (Å²) < 4.78 is 5.58. The van der Waals surface area contributed by atoms with E-state index in [4.69, 9.17) is 16.3 Å². The average Bonchev–Trinajstić information content (AvgIpc) is 2.36. The number of carbonyl (C=O) groups is 1. The molecular weight excluding hydrogens is 264 g/mol. The van der Waals surface area contributed by atoms with E-state index in [1.54, 1.807) is 31.1 Å². The molecule has 0 unspecified atom stereocenters. The second-order valence-electron chi connectivity index (χ2n) is 4.68. The Balaban J connectivity index is 2.16. The molecule has 0 bridgehead atoms. The van der Waals surface area contributed by atoms with Gasteiger partial charge in [0.1, 0.15) is 5.75 Å². The summed E-state index contributed by atoms with van der Waals surface area (Å²) in [6.07, 6.45) is 0.875. The predicted octanol–water partition coefficient (Wildman–Crippen LogP) is 2.13. The second kappa shape index (κ2) is 8.02. The minimum Gasteiger partial charge on any atom is -0.494 e. The van der Waals surface area contributed by atoms with Crippen molar-refractivity contribution in [1.82, 2.24) is 9.80 Å². The molecule has 5 heteroatoms. The van der Waals surface area contributed by atoms with Crippen LogP contribution in [0.5, 0.6) is 5.75 Å². The third kappa shape index (κ3) is 6.45. The molecule has 0 aliphatic rings. The fourth-order valence-electron chi connectivity index (χ4n) is 1.51. The van der Waals surface area contributed by atoms with E-state index in [-0.39, 0.29) is 5.91 Å². The molecule has 4 nitrogen and oxygen atoms in total. The molecule has 1 aromatic carbocycles. The fourth-order valence-corrected chi connectivity index (χ4v) is 1.63. The molecule has 0 spiro atoms. The van der Waals surface area contributed by atoms with Crippen LogP contribution in [0.25, 0.3) is 0 Å². The van der Waals surface area contributed by atoms with Gasteiger partial charge >= 0.3 is 0 Å². The van der Waals surface area contributed by atoms with Gasteiger partial charge in [-0.15, -0.1) is 0 Å². The Kier molecular flexibility index (Phi) is 6.67. The highest BCUT2D eigenvalue weighted by Gasteiger charge is 2.07. The smallest absolute Gasteiger partial charge is 0.236 e. The normalized spacial score (nSPS) is 10.6. The lowest BCUT2D eigenvalue weighted by Gasteiger charge is -2.18. The minimum atomic E-state index is 0.112. The standard InChI is InChI=1S/C14H21ClN2O2/c1-16(2)14(18)11-17(3)9-4-10-19-13-7-5-12(15)6-8-13/h5-8H,4,9-11H2,1-3H3. The van der Waals surface area contributed by atoms with Crippen LogP contribution < -0.4 is 4.74 Å². The summed E-state index contributed by atoms with van der Waals surface area (Å²) in [6.45, 7) is 1.89. The number of rotatable bonds is 7. The van der Waals surface area contributed by atoms with Crippen molar-refractivity contribution in [3.63, 3.8) is 0 Å². The van der Waals surface area contributed by atoms with Crippen molar-refractivity contribution in [3.05, 3.63) is 29.3 Å². The van der Waals surface area contributed by atoms with Gasteiger partial charge in [0.05, 0.1) is 13.2 Å². The zero-order valence-corrected chi connectivity index (χ0v) is 12.5. The van der Waals surface area contributed by atoms with Gasteiger partial charge in [-0.1, -0.05) is 11.6 Å². The molecular formula is C14H21ClN2O2. The van der Waals surface area contributed by atoms with E-state index >= 15 is 0 Å². The maximum absolute atomic E-state index is 11.5. The first-order chi connectivity index (χ1) is 8.99. The topological polar surface area (TPSA) is 32.8 Å². The number of benzene rings is 1. The van der Waals surface area contributed by atoms with Crippen molar-refractivity contribution in [2.45, 2.75) is 6.42 Å². The van der Waals surface area contributed by atoms with Crippen LogP contribution >= 0.6 is 11.6 Å². The van der Waals surface area contributed by atoms with Crippen LogP contribution in [-0.4, -0.2) is 56.5 Å². The molecule has 0 saturated heterocycles. The first-order valence-electron chi connectivity index (χ1n) is 6.26. The molecule has 1 aromatic rings. The van der Waals surface area contributed by atoms with Gasteiger partial charge in [0.15, 0.2) is 0 Å². The Hall–Kier alpha value is -1.26. The van der Waals surface area contributed by atoms with E-state index in [1.165, 1.54) is 0 Å². The van der Waals surface area contributed by atoms with Gasteiger partial charge in [-0.3, -0.25) is 9.69 Å². The number of nitrogens with zero attached hydrogens (tertiary/aromatic N) is 2. The Morgan fingerprint density at radius 2 is 1.84 bits per heavy atom. The van der Waals surface area contributed by atoms with Gasteiger partial charge in [0, 0.05) is 25.7 Å². The zero-order valence-electron chi connectivity index (χ0n) is 11.7. The van der Waals surface area contributed by atoms with E-state index in [1.807, 2.05) is 24.1 Å². The van der Waals surface area contributed by atoms with Crippen molar-refractivity contribution in [2.75, 3.05) is 40.8 Å². The number of likely N-dealkylation sites (N-methyl/N-ethyl adjacent to an activating group) is 2. The molecule has 0 aliphatic heterocycles. The summed E-state index contributed by atoms with van der Waals surface area (Å²) in [7, 11) is 5.46. The molecule has 106 valence electrons. The number of halogens is 1. The van der Waals surface area contributed by atoms with Crippen molar-refractivity contribution in [3.8, 4) is 5.75 Å². The number of ether oxygens (including phenoxy) is 1. The molecule has 1 amide bonds. The summed E-state index contributed by atoms with van der Waals surface area (Å²) in [4.78, 5) is 15.1. The van der Waals surface area contributed by atoms with Crippen LogP contribution in [0.2, 0.25) is 5.02 Å². The zero-order chi connectivity index (χ0) is 14.3. The summed E-state index contributed by atoms with van der Waals surface area (Å²) in [6, 6.07) is 7.31. The van der Waals surface area contributed by atoms with Crippen LogP contribution in [0.15, 0.2) is 24.3 Å². The Bertz CT molecular complexity index is 393. The molecule has 0 N–H and O–H groups in total. The third-order valence-electron chi connectivity index (χ3n) is 2.67. The predicted molar refractivity (Wildman–Crippen MR) is 77.8 cm³/mol. The van der Waals surface area contributed by atoms with E-state index < -0.39 is 0 Å². The molecule has 0 radical (unpaired) electrons. The maximum atomic E-state index is 11.5. The lowest BCUT2D eigenvalue weighted by molar-refractivity contribution is -0.129.